The molecule has 0 saturated heterocycles. The highest BCUT2D eigenvalue weighted by molar-refractivity contribution is 5.93. The first-order valence-electron chi connectivity index (χ1n) is 9.80. The molecule has 4 rings (SSSR count). The normalized spacial score (nSPS) is 15.9. The lowest BCUT2D eigenvalue weighted by Crippen LogP contribution is -2.27. The fourth-order valence-electron chi connectivity index (χ4n) is 4.13. The summed E-state index contributed by atoms with van der Waals surface area (Å²) in [7, 11) is 0. The van der Waals surface area contributed by atoms with Crippen LogP contribution in [-0.4, -0.2) is 21.8 Å². The smallest absolute Gasteiger partial charge is 0.326 e. The molecule has 0 saturated carbocycles. The van der Waals surface area contributed by atoms with Gasteiger partial charge in [0.05, 0.1) is 18.3 Å². The van der Waals surface area contributed by atoms with Crippen molar-refractivity contribution in [3.63, 3.8) is 0 Å². The van der Waals surface area contributed by atoms with Crippen LogP contribution in [0.2, 0.25) is 0 Å². The van der Waals surface area contributed by atoms with E-state index in [1.54, 1.807) is 25.4 Å². The van der Waals surface area contributed by atoms with Gasteiger partial charge < -0.3 is 10.2 Å². The Morgan fingerprint density at radius 1 is 1.19 bits per heavy atom. The average Bonchev–Trinajstić information content (AvgIpc) is 3.40. The zero-order valence-corrected chi connectivity index (χ0v) is 15.7. The summed E-state index contributed by atoms with van der Waals surface area (Å²) in [4.78, 5) is 30.9. The van der Waals surface area contributed by atoms with E-state index in [1.165, 1.54) is 22.3 Å². The minimum Gasteiger partial charge on any atom is -0.326 e. The molecular formula is C21H25N3O3. The van der Waals surface area contributed by atoms with Gasteiger partial charge in [0.2, 0.25) is 5.91 Å². The van der Waals surface area contributed by atoms with Crippen molar-refractivity contribution >= 4 is 17.6 Å². The van der Waals surface area contributed by atoms with Crippen molar-refractivity contribution < 1.29 is 14.4 Å². The van der Waals surface area contributed by atoms with E-state index >= 15 is 0 Å². The third-order valence-electron chi connectivity index (χ3n) is 5.61. The van der Waals surface area contributed by atoms with Crippen LogP contribution in [0, 0.1) is 5.92 Å². The van der Waals surface area contributed by atoms with E-state index in [9.17, 15) is 9.59 Å². The number of anilines is 1. The van der Waals surface area contributed by atoms with Crippen LogP contribution >= 0.6 is 0 Å². The molecule has 2 aliphatic rings. The van der Waals surface area contributed by atoms with E-state index in [2.05, 4.69) is 16.5 Å². The molecule has 1 N–H and O–H groups in total. The molecular weight excluding hydrogens is 342 g/mol. The van der Waals surface area contributed by atoms with Crippen LogP contribution < -0.4 is 10.2 Å². The molecule has 0 aliphatic heterocycles. The van der Waals surface area contributed by atoms with Crippen molar-refractivity contribution in [2.45, 2.75) is 58.3 Å². The maximum atomic E-state index is 12.6. The molecule has 2 aromatic rings. The summed E-state index contributed by atoms with van der Waals surface area (Å²) in [6.45, 7) is 1.77. The second-order valence-corrected chi connectivity index (χ2v) is 7.54. The Balaban J connectivity index is 1.37. The number of aryl methyl sites for hydroxylation is 2. The minimum absolute atomic E-state index is 0.0249. The number of rotatable bonds is 6. The molecule has 1 unspecified atom stereocenters. The Morgan fingerprint density at radius 3 is 2.52 bits per heavy atom. The minimum atomic E-state index is -0.381. The highest BCUT2D eigenvalue weighted by Gasteiger charge is 2.25. The molecule has 27 heavy (non-hydrogen) atoms. The van der Waals surface area contributed by atoms with Crippen molar-refractivity contribution in [1.29, 1.82) is 0 Å². The maximum absolute atomic E-state index is 12.6. The summed E-state index contributed by atoms with van der Waals surface area (Å²) in [6.07, 6.45) is 10.5. The van der Waals surface area contributed by atoms with E-state index in [-0.39, 0.29) is 17.8 Å². The van der Waals surface area contributed by atoms with Gasteiger partial charge in [0.25, 0.3) is 0 Å². The largest absolute Gasteiger partial charge is 0.337 e. The molecule has 0 bridgehead atoms. The topological polar surface area (TPSA) is 73.2 Å². The van der Waals surface area contributed by atoms with Gasteiger partial charge in [-0.2, -0.15) is 0 Å². The first-order chi connectivity index (χ1) is 13.1. The lowest BCUT2D eigenvalue weighted by molar-refractivity contribution is -0.150. The average molecular weight is 367 g/mol. The van der Waals surface area contributed by atoms with Crippen LogP contribution in [0.5, 0.6) is 0 Å². The molecule has 1 aromatic heterocycles. The Bertz CT molecular complexity index is 826. The second-order valence-electron chi connectivity index (χ2n) is 7.54. The molecule has 0 fully saturated rings. The van der Waals surface area contributed by atoms with E-state index in [1.807, 2.05) is 0 Å². The van der Waals surface area contributed by atoms with Crippen molar-refractivity contribution in [2.75, 3.05) is 5.32 Å². The van der Waals surface area contributed by atoms with Crippen LogP contribution in [0.25, 0.3) is 0 Å². The number of fused-ring (bicyclic) bond motifs is 2. The third-order valence-corrected chi connectivity index (χ3v) is 5.61. The molecule has 2 aliphatic carbocycles. The van der Waals surface area contributed by atoms with E-state index in [0.717, 1.165) is 49.1 Å². The summed E-state index contributed by atoms with van der Waals surface area (Å²) in [5.74, 6) is -0.775. The predicted octanol–water partition coefficient (Wildman–Crippen LogP) is 2.87. The number of hydrogen-bond acceptors (Lipinski definition) is 4. The quantitative estimate of drug-likeness (QED) is 0.852. The van der Waals surface area contributed by atoms with Gasteiger partial charge in [-0.15, -0.1) is 5.10 Å². The van der Waals surface area contributed by atoms with E-state index < -0.39 is 0 Å². The zero-order chi connectivity index (χ0) is 18.8. The Hall–Kier alpha value is -2.63. The number of amides is 1. The summed E-state index contributed by atoms with van der Waals surface area (Å²) in [5, 5.41) is 7.02. The molecule has 1 amide bonds. The zero-order valence-electron chi connectivity index (χ0n) is 15.7. The van der Waals surface area contributed by atoms with Gasteiger partial charge in [-0.1, -0.05) is 17.8 Å². The second kappa shape index (κ2) is 7.55. The molecule has 1 aromatic carbocycles. The van der Waals surface area contributed by atoms with Gasteiger partial charge in [-0.3, -0.25) is 4.79 Å². The van der Waals surface area contributed by atoms with Crippen molar-refractivity contribution in [3.05, 3.63) is 46.8 Å². The van der Waals surface area contributed by atoms with Gasteiger partial charge in [0.1, 0.15) is 0 Å². The molecule has 142 valence electrons. The summed E-state index contributed by atoms with van der Waals surface area (Å²) < 4.78 is 0. The van der Waals surface area contributed by atoms with Crippen LogP contribution in [0.1, 0.15) is 54.9 Å². The van der Waals surface area contributed by atoms with Crippen molar-refractivity contribution in [2.24, 2.45) is 5.92 Å². The fraction of sp³-hybridized carbons (Fsp3) is 0.476. The molecule has 1 heterocycles. The number of nitrogens with zero attached hydrogens (tertiary/aromatic N) is 2. The lowest BCUT2D eigenvalue weighted by atomic mass is 9.98. The number of benzene rings is 1. The lowest BCUT2D eigenvalue weighted by Gasteiger charge is -2.16. The van der Waals surface area contributed by atoms with E-state index in [4.69, 9.17) is 4.84 Å². The molecule has 6 heteroatoms. The molecule has 0 spiro atoms. The summed E-state index contributed by atoms with van der Waals surface area (Å²) in [6, 6.07) is 4.04. The standard InChI is InChI=1S/C21H25N3O3/c1-14(21(26)27-24-12-4-11-22-24)9-10-19(25)23-20-17-7-2-5-15(17)13-16-6-3-8-18(16)20/h4,11-14H,2-3,5-10H2,1H3,(H,23,25). The first kappa shape index (κ1) is 17.8. The summed E-state index contributed by atoms with van der Waals surface area (Å²) >= 11 is 0. The highest BCUT2D eigenvalue weighted by atomic mass is 16.7. The Morgan fingerprint density at radius 2 is 1.89 bits per heavy atom. The van der Waals surface area contributed by atoms with Gasteiger partial charge in [-0.25, -0.2) is 4.79 Å². The molecule has 0 radical (unpaired) electrons. The van der Waals surface area contributed by atoms with Crippen LogP contribution in [-0.2, 0) is 35.3 Å². The molecule has 6 nitrogen and oxygen atoms in total. The number of hydrogen-bond donors (Lipinski definition) is 1. The fourth-order valence-corrected chi connectivity index (χ4v) is 4.13. The predicted molar refractivity (Wildman–Crippen MR) is 101 cm³/mol. The van der Waals surface area contributed by atoms with Crippen molar-refractivity contribution in [1.82, 2.24) is 9.94 Å². The number of aromatic nitrogens is 2. The Labute approximate surface area is 158 Å². The maximum Gasteiger partial charge on any atom is 0.337 e. The van der Waals surface area contributed by atoms with Gasteiger partial charge >= 0.3 is 5.97 Å². The van der Waals surface area contributed by atoms with E-state index in [0.29, 0.717) is 12.8 Å². The highest BCUT2D eigenvalue weighted by Crippen LogP contribution is 2.38. The molecule has 1 atom stereocenters. The van der Waals surface area contributed by atoms with Crippen LogP contribution in [0.4, 0.5) is 5.69 Å². The number of carbonyl (C=O) groups excluding carboxylic acids is 2. The van der Waals surface area contributed by atoms with Gasteiger partial charge in [-0.05, 0) is 73.3 Å². The monoisotopic (exact) mass is 367 g/mol. The SMILES string of the molecule is CC(CCC(=O)Nc1c2c(cc3c1CCC3)CCC2)C(=O)On1cccn1. The number of carbonyl (C=O) groups is 2. The van der Waals surface area contributed by atoms with Gasteiger partial charge in [0, 0.05) is 12.1 Å². The van der Waals surface area contributed by atoms with Crippen molar-refractivity contribution in [3.8, 4) is 0 Å². The van der Waals surface area contributed by atoms with Crippen LogP contribution in [0.3, 0.4) is 0 Å². The third kappa shape index (κ3) is 3.75. The Kier molecular flexibility index (Phi) is 4.97. The summed E-state index contributed by atoms with van der Waals surface area (Å²) in [5.41, 5.74) is 6.53. The van der Waals surface area contributed by atoms with Crippen LogP contribution in [0.15, 0.2) is 24.5 Å². The van der Waals surface area contributed by atoms with Gasteiger partial charge in [0.15, 0.2) is 0 Å². The number of nitrogens with one attached hydrogen (secondary N) is 1. The first-order valence-corrected chi connectivity index (χ1v) is 9.80.